The van der Waals surface area contributed by atoms with Crippen LogP contribution >= 0.6 is 0 Å². The Labute approximate surface area is 123 Å². The van der Waals surface area contributed by atoms with Gasteiger partial charge in [-0.3, -0.25) is 4.57 Å². The number of aryl methyl sites for hydroxylation is 1. The van der Waals surface area contributed by atoms with Gasteiger partial charge in [-0.1, -0.05) is 42.5 Å². The van der Waals surface area contributed by atoms with Gasteiger partial charge in [0.05, 0.1) is 11.0 Å². The van der Waals surface area contributed by atoms with E-state index in [9.17, 15) is 4.79 Å². The number of aromatic nitrogens is 2. The molecule has 0 atom stereocenters. The average Bonchev–Trinajstić information content (AvgIpc) is 2.96. The predicted molar refractivity (Wildman–Crippen MR) is 83.3 cm³/mol. The smallest absolute Gasteiger partial charge is 0.327 e. The molecule has 0 saturated heterocycles. The zero-order valence-electron chi connectivity index (χ0n) is 11.7. The van der Waals surface area contributed by atoms with E-state index < -0.39 is 0 Å². The molecule has 0 bridgehead atoms. The number of benzene rings is 2. The van der Waals surface area contributed by atoms with Crippen molar-refractivity contribution in [1.29, 1.82) is 0 Å². The molecular formula is C17H17N3O. The Morgan fingerprint density at radius 3 is 2.67 bits per heavy atom. The quantitative estimate of drug-likeness (QED) is 0.745. The van der Waals surface area contributed by atoms with Gasteiger partial charge >= 0.3 is 6.03 Å². The summed E-state index contributed by atoms with van der Waals surface area (Å²) in [5.74, 6) is 0. The number of nitrogens with zero attached hydrogens (tertiary/aromatic N) is 2. The Bertz CT molecular complexity index is 734. The van der Waals surface area contributed by atoms with Gasteiger partial charge in [-0.2, -0.15) is 0 Å². The average molecular weight is 279 g/mol. The van der Waals surface area contributed by atoms with E-state index in [1.165, 1.54) is 5.56 Å². The molecular weight excluding hydrogens is 262 g/mol. The van der Waals surface area contributed by atoms with Crippen molar-refractivity contribution in [2.75, 3.05) is 6.54 Å². The molecule has 1 N–H and O–H groups in total. The van der Waals surface area contributed by atoms with E-state index in [0.717, 1.165) is 23.9 Å². The second kappa shape index (κ2) is 6.22. The van der Waals surface area contributed by atoms with Gasteiger partial charge in [0.1, 0.15) is 6.33 Å². The van der Waals surface area contributed by atoms with Gasteiger partial charge in [-0.05, 0) is 30.5 Å². The third-order valence-corrected chi connectivity index (χ3v) is 3.43. The number of carbonyl (C=O) groups excluding carboxylic acids is 1. The number of rotatable bonds is 4. The second-order valence-corrected chi connectivity index (χ2v) is 4.92. The summed E-state index contributed by atoms with van der Waals surface area (Å²) in [5.41, 5.74) is 2.95. The summed E-state index contributed by atoms with van der Waals surface area (Å²) in [4.78, 5) is 16.4. The minimum absolute atomic E-state index is 0.128. The van der Waals surface area contributed by atoms with Gasteiger partial charge in [-0.15, -0.1) is 0 Å². The zero-order chi connectivity index (χ0) is 14.5. The monoisotopic (exact) mass is 279 g/mol. The molecule has 1 aromatic heterocycles. The molecule has 0 spiro atoms. The molecule has 1 heterocycles. The number of imidazole rings is 1. The Kier molecular flexibility index (Phi) is 3.96. The molecule has 0 unspecified atom stereocenters. The maximum absolute atomic E-state index is 12.1. The van der Waals surface area contributed by atoms with Gasteiger partial charge in [0.15, 0.2) is 0 Å². The fourth-order valence-corrected chi connectivity index (χ4v) is 2.34. The third-order valence-electron chi connectivity index (χ3n) is 3.43. The van der Waals surface area contributed by atoms with E-state index >= 15 is 0 Å². The van der Waals surface area contributed by atoms with E-state index in [0.29, 0.717) is 6.54 Å². The molecule has 1 amide bonds. The van der Waals surface area contributed by atoms with Crippen molar-refractivity contribution in [2.24, 2.45) is 0 Å². The summed E-state index contributed by atoms with van der Waals surface area (Å²) < 4.78 is 1.55. The highest BCUT2D eigenvalue weighted by Crippen LogP contribution is 2.11. The van der Waals surface area contributed by atoms with Crippen LogP contribution in [-0.4, -0.2) is 22.1 Å². The molecule has 2 aromatic carbocycles. The molecule has 3 rings (SSSR count). The summed E-state index contributed by atoms with van der Waals surface area (Å²) in [6, 6.07) is 17.8. The lowest BCUT2D eigenvalue weighted by atomic mass is 10.1. The standard InChI is InChI=1S/C17H17N3O/c21-17(18-12-6-9-14-7-2-1-3-8-14)20-13-19-15-10-4-5-11-16(15)20/h1-5,7-8,10-11,13H,6,9,12H2,(H,18,21). The van der Waals surface area contributed by atoms with E-state index in [1.54, 1.807) is 10.9 Å². The maximum atomic E-state index is 12.1. The van der Waals surface area contributed by atoms with Gasteiger partial charge in [0, 0.05) is 6.54 Å². The first kappa shape index (κ1) is 13.4. The van der Waals surface area contributed by atoms with Crippen LogP contribution in [0.4, 0.5) is 4.79 Å². The Morgan fingerprint density at radius 1 is 1.05 bits per heavy atom. The Hall–Kier alpha value is -2.62. The van der Waals surface area contributed by atoms with Crippen LogP contribution in [0.1, 0.15) is 12.0 Å². The first-order valence-electron chi connectivity index (χ1n) is 7.09. The van der Waals surface area contributed by atoms with Crippen molar-refractivity contribution in [3.63, 3.8) is 0 Å². The minimum Gasteiger partial charge on any atom is -0.337 e. The van der Waals surface area contributed by atoms with Gasteiger partial charge in [0.2, 0.25) is 0 Å². The van der Waals surface area contributed by atoms with E-state index in [-0.39, 0.29) is 6.03 Å². The van der Waals surface area contributed by atoms with Crippen LogP contribution in [0.15, 0.2) is 60.9 Å². The largest absolute Gasteiger partial charge is 0.337 e. The van der Waals surface area contributed by atoms with Crippen molar-refractivity contribution in [3.8, 4) is 0 Å². The Morgan fingerprint density at radius 2 is 1.81 bits per heavy atom. The third kappa shape index (κ3) is 3.11. The fraction of sp³-hybridized carbons (Fsp3) is 0.176. The first-order chi connectivity index (χ1) is 10.3. The first-order valence-corrected chi connectivity index (χ1v) is 7.09. The fourth-order valence-electron chi connectivity index (χ4n) is 2.34. The maximum Gasteiger partial charge on any atom is 0.327 e. The lowest BCUT2D eigenvalue weighted by molar-refractivity contribution is 0.243. The number of nitrogens with one attached hydrogen (secondary N) is 1. The highest BCUT2D eigenvalue weighted by atomic mass is 16.2. The highest BCUT2D eigenvalue weighted by Gasteiger charge is 2.08. The van der Waals surface area contributed by atoms with Gasteiger partial charge in [0.25, 0.3) is 0 Å². The summed E-state index contributed by atoms with van der Waals surface area (Å²) in [6.07, 6.45) is 3.45. The second-order valence-electron chi connectivity index (χ2n) is 4.92. The van der Waals surface area contributed by atoms with Crippen molar-refractivity contribution in [2.45, 2.75) is 12.8 Å². The molecule has 0 aliphatic carbocycles. The summed E-state index contributed by atoms with van der Waals surface area (Å²) in [7, 11) is 0. The molecule has 4 nitrogen and oxygen atoms in total. The minimum atomic E-state index is -0.128. The molecule has 4 heteroatoms. The Balaban J connectivity index is 1.55. The molecule has 106 valence electrons. The number of para-hydroxylation sites is 2. The lowest BCUT2D eigenvalue weighted by Crippen LogP contribution is -2.29. The number of hydrogen-bond donors (Lipinski definition) is 1. The summed E-state index contributed by atoms with van der Waals surface area (Å²) in [6.45, 7) is 0.653. The molecule has 3 aromatic rings. The highest BCUT2D eigenvalue weighted by molar-refractivity contribution is 5.88. The van der Waals surface area contributed by atoms with Gasteiger partial charge in [-0.25, -0.2) is 9.78 Å². The molecule has 0 aliphatic heterocycles. The number of hydrogen-bond acceptors (Lipinski definition) is 2. The van der Waals surface area contributed by atoms with E-state index in [1.807, 2.05) is 42.5 Å². The molecule has 0 fully saturated rings. The van der Waals surface area contributed by atoms with Gasteiger partial charge < -0.3 is 5.32 Å². The van der Waals surface area contributed by atoms with Crippen LogP contribution in [0.5, 0.6) is 0 Å². The zero-order valence-corrected chi connectivity index (χ0v) is 11.7. The molecule has 21 heavy (non-hydrogen) atoms. The van der Waals surface area contributed by atoms with Crippen molar-refractivity contribution in [3.05, 3.63) is 66.5 Å². The van der Waals surface area contributed by atoms with Crippen molar-refractivity contribution < 1.29 is 4.79 Å². The van der Waals surface area contributed by atoms with Crippen LogP contribution in [0, 0.1) is 0 Å². The lowest BCUT2D eigenvalue weighted by Gasteiger charge is -2.06. The predicted octanol–water partition coefficient (Wildman–Crippen LogP) is 3.23. The molecule has 0 radical (unpaired) electrons. The van der Waals surface area contributed by atoms with Crippen LogP contribution < -0.4 is 5.32 Å². The topological polar surface area (TPSA) is 46.9 Å². The normalized spacial score (nSPS) is 10.7. The van der Waals surface area contributed by atoms with Crippen molar-refractivity contribution >= 4 is 17.1 Å². The molecule has 0 saturated carbocycles. The van der Waals surface area contributed by atoms with Crippen LogP contribution in [0.25, 0.3) is 11.0 Å². The summed E-state index contributed by atoms with van der Waals surface area (Å²) >= 11 is 0. The molecule has 0 aliphatic rings. The summed E-state index contributed by atoms with van der Waals surface area (Å²) in [5, 5.41) is 2.93. The van der Waals surface area contributed by atoms with E-state index in [4.69, 9.17) is 0 Å². The van der Waals surface area contributed by atoms with Crippen LogP contribution in [0.3, 0.4) is 0 Å². The van der Waals surface area contributed by atoms with Crippen molar-refractivity contribution in [1.82, 2.24) is 14.9 Å². The number of fused-ring (bicyclic) bond motifs is 1. The van der Waals surface area contributed by atoms with E-state index in [2.05, 4.69) is 22.4 Å². The number of carbonyl (C=O) groups is 1. The SMILES string of the molecule is O=C(NCCCc1ccccc1)n1cnc2ccccc21. The van der Waals surface area contributed by atoms with Crippen LogP contribution in [-0.2, 0) is 6.42 Å². The number of amides is 1. The van der Waals surface area contributed by atoms with Crippen LogP contribution in [0.2, 0.25) is 0 Å².